The van der Waals surface area contributed by atoms with Crippen molar-refractivity contribution in [3.05, 3.63) is 48.8 Å². The number of hydrogen-bond donors (Lipinski definition) is 2. The Morgan fingerprint density at radius 2 is 2.12 bits per heavy atom. The summed E-state index contributed by atoms with van der Waals surface area (Å²) in [5.41, 5.74) is 2.24. The van der Waals surface area contributed by atoms with Gasteiger partial charge in [0.05, 0.1) is 29.0 Å². The highest BCUT2D eigenvalue weighted by molar-refractivity contribution is 6.00. The first-order valence-electron chi connectivity index (χ1n) is 9.82. The molecule has 0 spiro atoms. The summed E-state index contributed by atoms with van der Waals surface area (Å²) in [6.45, 7) is 3.53. The number of anilines is 3. The van der Waals surface area contributed by atoms with E-state index in [9.17, 15) is 13.6 Å². The Morgan fingerprint density at radius 1 is 1.38 bits per heavy atom. The van der Waals surface area contributed by atoms with E-state index in [1.807, 2.05) is 23.8 Å². The first-order valence-corrected chi connectivity index (χ1v) is 9.82. The molecule has 1 amide bonds. The lowest BCUT2D eigenvalue weighted by atomic mass is 10.0. The molecule has 1 fully saturated rings. The van der Waals surface area contributed by atoms with Crippen LogP contribution in [0.2, 0.25) is 0 Å². The van der Waals surface area contributed by atoms with Gasteiger partial charge in [-0.1, -0.05) is 6.58 Å². The standard InChI is InChI=1S/C21H20F2N8O/c1-3-18(32)27-14-4-5-16-15(8-14)28-20(30(16)2)31-7-6-21(22,23)17(12-31)29-19-25-10-13(9-24)11-26-19/h3-5,8,10-11,17H,1,6-7,12H2,2H3,(H,27,32)(H,25,26,29). The van der Waals surface area contributed by atoms with Crippen molar-refractivity contribution >= 4 is 34.5 Å². The normalized spacial score (nSPS) is 17.6. The van der Waals surface area contributed by atoms with Crippen molar-refractivity contribution in [1.82, 2.24) is 19.5 Å². The molecule has 32 heavy (non-hydrogen) atoms. The van der Waals surface area contributed by atoms with Crippen LogP contribution in [0.4, 0.5) is 26.4 Å². The summed E-state index contributed by atoms with van der Waals surface area (Å²) < 4.78 is 31.1. The van der Waals surface area contributed by atoms with Crippen LogP contribution in [0, 0.1) is 11.3 Å². The molecule has 1 aliphatic rings. The van der Waals surface area contributed by atoms with E-state index in [2.05, 4.69) is 32.2 Å². The van der Waals surface area contributed by atoms with Crippen LogP contribution in [0.5, 0.6) is 0 Å². The van der Waals surface area contributed by atoms with Gasteiger partial charge < -0.3 is 20.1 Å². The number of halogens is 2. The zero-order valence-electron chi connectivity index (χ0n) is 17.2. The molecule has 0 bridgehead atoms. The van der Waals surface area contributed by atoms with Crippen LogP contribution in [0.15, 0.2) is 43.2 Å². The summed E-state index contributed by atoms with van der Waals surface area (Å²) in [4.78, 5) is 25.8. The van der Waals surface area contributed by atoms with Crippen molar-refractivity contribution in [2.75, 3.05) is 28.6 Å². The fourth-order valence-corrected chi connectivity index (χ4v) is 3.59. The van der Waals surface area contributed by atoms with E-state index in [1.54, 1.807) is 17.0 Å². The van der Waals surface area contributed by atoms with Crippen LogP contribution in [-0.4, -0.2) is 50.5 Å². The Morgan fingerprint density at radius 3 is 2.81 bits per heavy atom. The summed E-state index contributed by atoms with van der Waals surface area (Å²) >= 11 is 0. The minimum Gasteiger partial charge on any atom is -0.344 e. The predicted octanol–water partition coefficient (Wildman–Crippen LogP) is 2.69. The molecule has 0 saturated carbocycles. The minimum absolute atomic E-state index is 0.0203. The van der Waals surface area contributed by atoms with Gasteiger partial charge in [-0.25, -0.2) is 23.7 Å². The molecule has 3 aromatic rings. The van der Waals surface area contributed by atoms with E-state index >= 15 is 0 Å². The van der Waals surface area contributed by atoms with Crippen LogP contribution >= 0.6 is 0 Å². The van der Waals surface area contributed by atoms with Gasteiger partial charge in [0.25, 0.3) is 5.92 Å². The van der Waals surface area contributed by atoms with Gasteiger partial charge in [0, 0.05) is 32.2 Å². The van der Waals surface area contributed by atoms with Gasteiger partial charge in [-0.05, 0) is 24.3 Å². The topological polar surface area (TPSA) is 112 Å². The van der Waals surface area contributed by atoms with E-state index in [0.29, 0.717) is 17.2 Å². The first kappa shape index (κ1) is 21.2. The van der Waals surface area contributed by atoms with E-state index in [1.165, 1.54) is 18.5 Å². The quantitative estimate of drug-likeness (QED) is 0.589. The molecule has 164 valence electrons. The molecule has 1 atom stereocenters. The average Bonchev–Trinajstić information content (AvgIpc) is 3.11. The monoisotopic (exact) mass is 438 g/mol. The number of nitrogens with one attached hydrogen (secondary N) is 2. The molecule has 0 aliphatic carbocycles. The van der Waals surface area contributed by atoms with Crippen molar-refractivity contribution < 1.29 is 13.6 Å². The molecular formula is C21H20F2N8O. The highest BCUT2D eigenvalue weighted by atomic mass is 19.3. The fraction of sp³-hybridized carbons (Fsp3) is 0.286. The molecule has 2 aromatic heterocycles. The van der Waals surface area contributed by atoms with Crippen molar-refractivity contribution in [1.29, 1.82) is 5.26 Å². The zero-order valence-corrected chi connectivity index (χ0v) is 17.2. The molecule has 11 heteroatoms. The third-order valence-corrected chi connectivity index (χ3v) is 5.31. The van der Waals surface area contributed by atoms with Gasteiger partial charge in [0.1, 0.15) is 12.1 Å². The van der Waals surface area contributed by atoms with Crippen molar-refractivity contribution in [2.45, 2.75) is 18.4 Å². The van der Waals surface area contributed by atoms with Gasteiger partial charge in [-0.2, -0.15) is 5.26 Å². The second-order valence-corrected chi connectivity index (χ2v) is 7.43. The molecule has 1 aliphatic heterocycles. The van der Waals surface area contributed by atoms with Crippen LogP contribution in [0.25, 0.3) is 11.0 Å². The minimum atomic E-state index is -2.97. The molecule has 3 heterocycles. The lowest BCUT2D eigenvalue weighted by Gasteiger charge is -2.39. The summed E-state index contributed by atoms with van der Waals surface area (Å²) in [6, 6.07) is 5.92. The number of rotatable bonds is 5. The smallest absolute Gasteiger partial charge is 0.271 e. The number of nitrogens with zero attached hydrogens (tertiary/aromatic N) is 6. The molecule has 1 saturated heterocycles. The number of benzene rings is 1. The maximum atomic E-state index is 14.6. The van der Waals surface area contributed by atoms with Crippen molar-refractivity contribution in [3.63, 3.8) is 0 Å². The largest absolute Gasteiger partial charge is 0.344 e. The van der Waals surface area contributed by atoms with E-state index in [0.717, 1.165) is 5.52 Å². The number of hydrogen-bond acceptors (Lipinski definition) is 7. The number of nitriles is 1. The maximum Gasteiger partial charge on any atom is 0.271 e. The summed E-state index contributed by atoms with van der Waals surface area (Å²) in [5.74, 6) is -2.74. The number of fused-ring (bicyclic) bond motifs is 1. The number of imidazole rings is 1. The van der Waals surface area contributed by atoms with Crippen LogP contribution < -0.4 is 15.5 Å². The number of amides is 1. The van der Waals surface area contributed by atoms with E-state index in [-0.39, 0.29) is 36.9 Å². The Labute approximate surface area is 182 Å². The number of carbonyl (C=O) groups excluding carboxylic acids is 1. The number of aryl methyl sites for hydroxylation is 1. The second kappa shape index (κ2) is 8.22. The Hall–Kier alpha value is -4.07. The van der Waals surface area contributed by atoms with Gasteiger partial charge in [0.2, 0.25) is 17.8 Å². The third-order valence-electron chi connectivity index (χ3n) is 5.31. The number of alkyl halides is 2. The molecule has 0 radical (unpaired) electrons. The van der Waals surface area contributed by atoms with Crippen molar-refractivity contribution in [3.8, 4) is 6.07 Å². The predicted molar refractivity (Wildman–Crippen MR) is 115 cm³/mol. The van der Waals surface area contributed by atoms with E-state index in [4.69, 9.17) is 5.26 Å². The Balaban J connectivity index is 1.58. The highest BCUT2D eigenvalue weighted by Crippen LogP contribution is 2.33. The number of piperidine rings is 1. The summed E-state index contributed by atoms with van der Waals surface area (Å²) in [7, 11) is 1.81. The first-order chi connectivity index (χ1) is 15.3. The van der Waals surface area contributed by atoms with Crippen LogP contribution in [-0.2, 0) is 11.8 Å². The van der Waals surface area contributed by atoms with Gasteiger partial charge in [-0.3, -0.25) is 4.79 Å². The average molecular weight is 438 g/mol. The molecule has 1 unspecified atom stereocenters. The van der Waals surface area contributed by atoms with Gasteiger partial charge >= 0.3 is 0 Å². The molecule has 4 rings (SSSR count). The van der Waals surface area contributed by atoms with Crippen LogP contribution in [0.3, 0.4) is 0 Å². The van der Waals surface area contributed by atoms with Crippen LogP contribution in [0.1, 0.15) is 12.0 Å². The SMILES string of the molecule is C=CC(=O)Nc1ccc2c(c1)nc(N1CCC(F)(F)C(Nc3ncc(C#N)cn3)C1)n2C. The number of carbonyl (C=O) groups is 1. The summed E-state index contributed by atoms with van der Waals surface area (Å²) in [5, 5.41) is 14.2. The van der Waals surface area contributed by atoms with Gasteiger partial charge in [-0.15, -0.1) is 0 Å². The number of aromatic nitrogens is 4. The molecule has 9 nitrogen and oxygen atoms in total. The van der Waals surface area contributed by atoms with E-state index < -0.39 is 12.0 Å². The highest BCUT2D eigenvalue weighted by Gasteiger charge is 2.45. The lowest BCUT2D eigenvalue weighted by molar-refractivity contribution is -0.111. The Kier molecular flexibility index (Phi) is 5.44. The summed E-state index contributed by atoms with van der Waals surface area (Å²) in [6.07, 6.45) is 3.36. The second-order valence-electron chi connectivity index (χ2n) is 7.43. The molecule has 1 aromatic carbocycles. The fourth-order valence-electron chi connectivity index (χ4n) is 3.59. The maximum absolute atomic E-state index is 14.6. The molecular weight excluding hydrogens is 418 g/mol. The lowest BCUT2D eigenvalue weighted by Crippen LogP contribution is -2.55. The zero-order chi connectivity index (χ0) is 22.9. The van der Waals surface area contributed by atoms with Gasteiger partial charge in [0.15, 0.2) is 0 Å². The molecule has 2 N–H and O–H groups in total. The third kappa shape index (κ3) is 4.07. The van der Waals surface area contributed by atoms with Crippen molar-refractivity contribution in [2.24, 2.45) is 7.05 Å². The Bertz CT molecular complexity index is 1220.